The van der Waals surface area contributed by atoms with Crippen molar-refractivity contribution in [2.24, 2.45) is 0 Å². The van der Waals surface area contributed by atoms with E-state index in [0.29, 0.717) is 0 Å². The van der Waals surface area contributed by atoms with Crippen LogP contribution in [0.1, 0.15) is 0 Å². The molecular formula is C7H7FN2O2. The largest absolute Gasteiger partial charge is 0.480 e. The summed E-state index contributed by atoms with van der Waals surface area (Å²) >= 11 is 0. The van der Waals surface area contributed by atoms with E-state index in [4.69, 9.17) is 5.11 Å². The standard InChI is InChI=1S/C7H7FN2O2/c8-5-1-2-9-6(3-5)10-4-7(11)12/h1-3H,4H2,(H,9,10)(H,11,12). The number of aliphatic carboxylic acids is 1. The monoisotopic (exact) mass is 170 g/mol. The highest BCUT2D eigenvalue weighted by molar-refractivity contribution is 5.72. The van der Waals surface area contributed by atoms with Gasteiger partial charge in [0.2, 0.25) is 0 Å². The van der Waals surface area contributed by atoms with Gasteiger partial charge in [0, 0.05) is 12.3 Å². The van der Waals surface area contributed by atoms with Crippen LogP contribution in [0.3, 0.4) is 0 Å². The van der Waals surface area contributed by atoms with E-state index in [1.54, 1.807) is 0 Å². The van der Waals surface area contributed by atoms with E-state index >= 15 is 0 Å². The lowest BCUT2D eigenvalue weighted by atomic mass is 10.4. The molecule has 0 spiro atoms. The molecule has 0 unspecified atom stereocenters. The molecule has 1 aromatic heterocycles. The zero-order valence-corrected chi connectivity index (χ0v) is 6.12. The Morgan fingerprint density at radius 3 is 3.08 bits per heavy atom. The van der Waals surface area contributed by atoms with Gasteiger partial charge in [-0.3, -0.25) is 4.79 Å². The molecule has 0 atom stereocenters. The minimum atomic E-state index is -1.01. The van der Waals surface area contributed by atoms with Gasteiger partial charge in [-0.15, -0.1) is 0 Å². The number of rotatable bonds is 3. The zero-order valence-electron chi connectivity index (χ0n) is 6.12. The van der Waals surface area contributed by atoms with Crippen molar-refractivity contribution in [1.29, 1.82) is 0 Å². The van der Waals surface area contributed by atoms with Crippen LogP contribution in [0.15, 0.2) is 18.3 Å². The predicted octanol–water partition coefficient (Wildman–Crippen LogP) is 0.717. The van der Waals surface area contributed by atoms with E-state index in [9.17, 15) is 9.18 Å². The van der Waals surface area contributed by atoms with Crippen molar-refractivity contribution in [3.8, 4) is 0 Å². The third-order valence-corrected chi connectivity index (χ3v) is 1.14. The van der Waals surface area contributed by atoms with E-state index in [1.807, 2.05) is 0 Å². The molecule has 0 saturated heterocycles. The van der Waals surface area contributed by atoms with Crippen LogP contribution in [0.2, 0.25) is 0 Å². The summed E-state index contributed by atoms with van der Waals surface area (Å²) in [6.07, 6.45) is 1.26. The summed E-state index contributed by atoms with van der Waals surface area (Å²) in [6.45, 7) is -0.267. The van der Waals surface area contributed by atoms with E-state index in [0.717, 1.165) is 6.07 Å². The van der Waals surface area contributed by atoms with Gasteiger partial charge in [-0.1, -0.05) is 0 Å². The molecule has 0 amide bonds. The summed E-state index contributed by atoms with van der Waals surface area (Å²) in [7, 11) is 0. The number of nitrogens with one attached hydrogen (secondary N) is 1. The minimum absolute atomic E-state index is 0.220. The first-order valence-electron chi connectivity index (χ1n) is 3.25. The van der Waals surface area contributed by atoms with Crippen molar-refractivity contribution >= 4 is 11.8 Å². The number of hydrogen-bond acceptors (Lipinski definition) is 3. The Balaban J connectivity index is 2.57. The number of nitrogens with zero attached hydrogens (tertiary/aromatic N) is 1. The van der Waals surface area contributed by atoms with E-state index < -0.39 is 11.8 Å². The van der Waals surface area contributed by atoms with Crippen LogP contribution in [0.4, 0.5) is 10.2 Å². The molecule has 5 heteroatoms. The van der Waals surface area contributed by atoms with Gasteiger partial charge in [0.15, 0.2) is 0 Å². The van der Waals surface area contributed by atoms with Gasteiger partial charge in [0.25, 0.3) is 0 Å². The van der Waals surface area contributed by atoms with Crippen molar-refractivity contribution in [2.45, 2.75) is 0 Å². The maximum absolute atomic E-state index is 12.5. The van der Waals surface area contributed by atoms with Crippen LogP contribution in [0.5, 0.6) is 0 Å². The molecule has 0 aliphatic carbocycles. The first-order valence-corrected chi connectivity index (χ1v) is 3.25. The minimum Gasteiger partial charge on any atom is -0.480 e. The van der Waals surface area contributed by atoms with Crippen molar-refractivity contribution in [3.63, 3.8) is 0 Å². The molecule has 0 fully saturated rings. The van der Waals surface area contributed by atoms with Crippen LogP contribution >= 0.6 is 0 Å². The second kappa shape index (κ2) is 3.66. The Bertz CT molecular complexity index is 290. The molecule has 1 heterocycles. The molecule has 2 N–H and O–H groups in total. The van der Waals surface area contributed by atoms with Gasteiger partial charge in [-0.2, -0.15) is 0 Å². The number of carbonyl (C=O) groups is 1. The molecule has 0 aromatic carbocycles. The third kappa shape index (κ3) is 2.53. The van der Waals surface area contributed by atoms with Gasteiger partial charge in [-0.25, -0.2) is 9.37 Å². The highest BCUT2D eigenvalue weighted by Crippen LogP contribution is 2.03. The summed E-state index contributed by atoms with van der Waals surface area (Å²) in [5.74, 6) is -1.24. The molecule has 1 aromatic rings. The fourth-order valence-corrected chi connectivity index (χ4v) is 0.668. The third-order valence-electron chi connectivity index (χ3n) is 1.14. The van der Waals surface area contributed by atoms with Crippen molar-refractivity contribution < 1.29 is 14.3 Å². The van der Waals surface area contributed by atoms with Crippen molar-refractivity contribution in [3.05, 3.63) is 24.1 Å². The number of aromatic nitrogens is 1. The second-order valence-corrected chi connectivity index (χ2v) is 2.11. The van der Waals surface area contributed by atoms with Crippen LogP contribution in [0, 0.1) is 5.82 Å². The second-order valence-electron chi connectivity index (χ2n) is 2.11. The topological polar surface area (TPSA) is 62.2 Å². The highest BCUT2D eigenvalue weighted by atomic mass is 19.1. The van der Waals surface area contributed by atoms with Crippen LogP contribution < -0.4 is 5.32 Å². The van der Waals surface area contributed by atoms with Gasteiger partial charge >= 0.3 is 5.97 Å². The average molecular weight is 170 g/mol. The first-order chi connectivity index (χ1) is 5.68. The Labute approximate surface area is 68.1 Å². The Morgan fingerprint density at radius 1 is 1.75 bits per heavy atom. The molecule has 0 aliphatic heterocycles. The molecule has 64 valence electrons. The fourth-order valence-electron chi connectivity index (χ4n) is 0.668. The average Bonchev–Trinajstić information content (AvgIpc) is 2.01. The summed E-state index contributed by atoms with van der Waals surface area (Å²) in [5.41, 5.74) is 0. The van der Waals surface area contributed by atoms with E-state index in [1.165, 1.54) is 12.3 Å². The lowest BCUT2D eigenvalue weighted by molar-refractivity contribution is -0.134. The summed E-state index contributed by atoms with van der Waals surface area (Å²) < 4.78 is 12.5. The SMILES string of the molecule is O=C(O)CNc1cc(F)ccn1. The van der Waals surface area contributed by atoms with E-state index in [2.05, 4.69) is 10.3 Å². The van der Waals surface area contributed by atoms with Gasteiger partial charge < -0.3 is 10.4 Å². The normalized spacial score (nSPS) is 9.42. The first kappa shape index (κ1) is 8.45. The molecule has 0 saturated carbocycles. The Kier molecular flexibility index (Phi) is 2.57. The number of halogens is 1. The lowest BCUT2D eigenvalue weighted by Gasteiger charge is -2.00. The number of pyridine rings is 1. The summed E-state index contributed by atoms with van der Waals surface area (Å²) in [5, 5.41) is 10.7. The molecule has 1 rings (SSSR count). The van der Waals surface area contributed by atoms with Gasteiger partial charge in [-0.05, 0) is 6.07 Å². The molecule has 4 nitrogen and oxygen atoms in total. The van der Waals surface area contributed by atoms with Gasteiger partial charge in [0.05, 0.1) is 0 Å². The number of carboxylic acids is 1. The molecular weight excluding hydrogens is 163 g/mol. The quantitative estimate of drug-likeness (QED) is 0.701. The maximum Gasteiger partial charge on any atom is 0.322 e. The molecule has 0 aliphatic rings. The number of anilines is 1. The maximum atomic E-state index is 12.5. The Morgan fingerprint density at radius 2 is 2.50 bits per heavy atom. The van der Waals surface area contributed by atoms with Crippen LogP contribution in [0.25, 0.3) is 0 Å². The Hall–Kier alpha value is -1.65. The lowest BCUT2D eigenvalue weighted by Crippen LogP contribution is -2.13. The predicted molar refractivity (Wildman–Crippen MR) is 40.3 cm³/mol. The van der Waals surface area contributed by atoms with Crippen LogP contribution in [-0.4, -0.2) is 22.6 Å². The van der Waals surface area contributed by atoms with Crippen molar-refractivity contribution in [1.82, 2.24) is 4.98 Å². The van der Waals surface area contributed by atoms with Crippen molar-refractivity contribution in [2.75, 3.05) is 11.9 Å². The number of carboxylic acid groups (broad SMARTS) is 1. The van der Waals surface area contributed by atoms with Gasteiger partial charge in [0.1, 0.15) is 18.2 Å². The smallest absolute Gasteiger partial charge is 0.322 e. The summed E-state index contributed by atoms with van der Waals surface area (Å²) in [6, 6.07) is 2.31. The molecule has 0 bridgehead atoms. The number of hydrogen-bond donors (Lipinski definition) is 2. The summed E-state index contributed by atoms with van der Waals surface area (Å²) in [4.78, 5) is 13.8. The zero-order chi connectivity index (χ0) is 8.97. The highest BCUT2D eigenvalue weighted by Gasteiger charge is 1.98. The molecule has 12 heavy (non-hydrogen) atoms. The van der Waals surface area contributed by atoms with Crippen LogP contribution in [-0.2, 0) is 4.79 Å². The molecule has 0 radical (unpaired) electrons. The fraction of sp³-hybridized carbons (Fsp3) is 0.143. The van der Waals surface area contributed by atoms with E-state index in [-0.39, 0.29) is 12.4 Å².